The van der Waals surface area contributed by atoms with E-state index in [0.717, 1.165) is 16.9 Å². The number of benzene rings is 2. The highest BCUT2D eigenvalue weighted by Crippen LogP contribution is 2.25. The first-order chi connectivity index (χ1) is 12.1. The van der Waals surface area contributed by atoms with Crippen LogP contribution in [0.4, 0.5) is 0 Å². The lowest BCUT2D eigenvalue weighted by molar-refractivity contribution is -0.125. The molecule has 0 saturated heterocycles. The Kier molecular flexibility index (Phi) is 7.45. The molecule has 4 N–H and O–H groups in total. The molecule has 3 atom stereocenters. The number of aliphatic hydroxyl groups is 1. The Balaban J connectivity index is 0.00000243. The quantitative estimate of drug-likeness (QED) is 0.722. The minimum absolute atomic E-state index is 0. The topological polar surface area (TPSA) is 84.6 Å². The Morgan fingerprint density at radius 1 is 1.12 bits per heavy atom. The standard InChI is InChI=1S/C20H24N2O3.ClH/c21-17-10-16(11-18(17)23)20(24)22-12-15-8-4-5-9-19(15)25-13-14-6-2-1-3-7-14;/h1-9,16-18,23H,10-13,21H2,(H,22,24);1H/t16-,17+,18+;/m0./s1. The molecule has 1 aliphatic rings. The predicted molar refractivity (Wildman–Crippen MR) is 103 cm³/mol. The molecule has 1 aliphatic carbocycles. The number of rotatable bonds is 6. The van der Waals surface area contributed by atoms with Crippen LogP contribution in [0.1, 0.15) is 24.0 Å². The Morgan fingerprint density at radius 3 is 2.50 bits per heavy atom. The summed E-state index contributed by atoms with van der Waals surface area (Å²) in [5.74, 6) is 0.474. The number of ether oxygens (including phenoxy) is 1. The molecule has 1 amide bonds. The summed E-state index contributed by atoms with van der Waals surface area (Å²) in [5, 5.41) is 12.6. The van der Waals surface area contributed by atoms with Gasteiger partial charge in [-0.2, -0.15) is 0 Å². The Bertz CT molecular complexity index is 701. The molecule has 1 fully saturated rings. The van der Waals surface area contributed by atoms with Crippen LogP contribution in [-0.4, -0.2) is 23.2 Å². The summed E-state index contributed by atoms with van der Waals surface area (Å²) in [5.41, 5.74) is 7.80. The van der Waals surface area contributed by atoms with Gasteiger partial charge in [-0.15, -0.1) is 12.4 Å². The van der Waals surface area contributed by atoms with Crippen molar-refractivity contribution < 1.29 is 14.6 Å². The number of halogens is 1. The van der Waals surface area contributed by atoms with Crippen molar-refractivity contribution in [2.24, 2.45) is 11.7 Å². The monoisotopic (exact) mass is 376 g/mol. The summed E-state index contributed by atoms with van der Waals surface area (Å²) in [6.07, 6.45) is 0.371. The zero-order chi connectivity index (χ0) is 17.6. The third-order valence-electron chi connectivity index (χ3n) is 4.61. The average Bonchev–Trinajstić information content (AvgIpc) is 2.98. The maximum atomic E-state index is 12.3. The van der Waals surface area contributed by atoms with Crippen molar-refractivity contribution in [2.45, 2.75) is 38.1 Å². The van der Waals surface area contributed by atoms with E-state index in [9.17, 15) is 9.90 Å². The van der Waals surface area contributed by atoms with Gasteiger partial charge in [-0.25, -0.2) is 0 Å². The largest absolute Gasteiger partial charge is 0.489 e. The van der Waals surface area contributed by atoms with E-state index >= 15 is 0 Å². The van der Waals surface area contributed by atoms with Gasteiger partial charge in [-0.3, -0.25) is 4.79 Å². The van der Waals surface area contributed by atoms with Crippen molar-refractivity contribution >= 4 is 18.3 Å². The number of aliphatic hydroxyl groups excluding tert-OH is 1. The zero-order valence-corrected chi connectivity index (χ0v) is 15.3. The van der Waals surface area contributed by atoms with E-state index in [1.807, 2.05) is 54.6 Å². The number of carbonyl (C=O) groups excluding carboxylic acids is 1. The molecule has 0 aliphatic heterocycles. The summed E-state index contributed by atoms with van der Waals surface area (Å²) in [6.45, 7) is 0.876. The van der Waals surface area contributed by atoms with Gasteiger partial charge in [0.05, 0.1) is 6.10 Å². The van der Waals surface area contributed by atoms with Gasteiger partial charge in [0.25, 0.3) is 0 Å². The van der Waals surface area contributed by atoms with E-state index in [1.165, 1.54) is 0 Å². The summed E-state index contributed by atoms with van der Waals surface area (Å²) < 4.78 is 5.90. The molecule has 0 radical (unpaired) electrons. The molecule has 2 aromatic rings. The van der Waals surface area contributed by atoms with Crippen LogP contribution >= 0.6 is 12.4 Å². The number of nitrogens with two attached hydrogens (primary N) is 1. The van der Waals surface area contributed by atoms with Crippen molar-refractivity contribution in [2.75, 3.05) is 0 Å². The number of amides is 1. The van der Waals surface area contributed by atoms with Crippen molar-refractivity contribution in [3.8, 4) is 5.75 Å². The first-order valence-corrected chi connectivity index (χ1v) is 8.59. The normalized spacial score (nSPS) is 21.7. The molecule has 0 bridgehead atoms. The fraction of sp³-hybridized carbons (Fsp3) is 0.350. The minimum atomic E-state index is -0.586. The van der Waals surface area contributed by atoms with Gasteiger partial charge in [0, 0.05) is 24.1 Å². The van der Waals surface area contributed by atoms with Crippen LogP contribution < -0.4 is 15.8 Å². The minimum Gasteiger partial charge on any atom is -0.489 e. The molecule has 0 unspecified atom stereocenters. The number of carbonyl (C=O) groups is 1. The second kappa shape index (κ2) is 9.57. The van der Waals surface area contributed by atoms with Crippen molar-refractivity contribution in [3.05, 3.63) is 65.7 Å². The van der Waals surface area contributed by atoms with E-state index in [0.29, 0.717) is 26.0 Å². The molecule has 3 rings (SSSR count). The van der Waals surface area contributed by atoms with Gasteiger partial charge in [0.15, 0.2) is 0 Å². The molecule has 0 spiro atoms. The molecule has 0 heterocycles. The summed E-state index contributed by atoms with van der Waals surface area (Å²) in [7, 11) is 0. The second-order valence-electron chi connectivity index (χ2n) is 6.50. The number of nitrogens with one attached hydrogen (secondary N) is 1. The molecule has 26 heavy (non-hydrogen) atoms. The molecule has 2 aromatic carbocycles. The fourth-order valence-electron chi connectivity index (χ4n) is 3.11. The maximum Gasteiger partial charge on any atom is 0.223 e. The van der Waals surface area contributed by atoms with Crippen molar-refractivity contribution in [3.63, 3.8) is 0 Å². The number of para-hydroxylation sites is 1. The lowest BCUT2D eigenvalue weighted by Crippen LogP contribution is -2.30. The summed E-state index contributed by atoms with van der Waals surface area (Å²) in [6, 6.07) is 17.3. The third-order valence-corrected chi connectivity index (χ3v) is 4.61. The SMILES string of the molecule is Cl.N[C@@H]1C[C@H](C(=O)NCc2ccccc2OCc2ccccc2)C[C@H]1O. The van der Waals surface area contributed by atoms with E-state index in [1.54, 1.807) is 0 Å². The lowest BCUT2D eigenvalue weighted by atomic mass is 10.1. The molecular formula is C20H25ClN2O3. The zero-order valence-electron chi connectivity index (χ0n) is 14.5. The van der Waals surface area contributed by atoms with E-state index in [-0.39, 0.29) is 30.3 Å². The van der Waals surface area contributed by atoms with E-state index in [4.69, 9.17) is 10.5 Å². The highest BCUT2D eigenvalue weighted by atomic mass is 35.5. The van der Waals surface area contributed by atoms with Crippen LogP contribution in [-0.2, 0) is 17.9 Å². The first-order valence-electron chi connectivity index (χ1n) is 8.59. The maximum absolute atomic E-state index is 12.3. The van der Waals surface area contributed by atoms with Gasteiger partial charge in [0.1, 0.15) is 12.4 Å². The van der Waals surface area contributed by atoms with Gasteiger partial charge in [-0.05, 0) is 24.5 Å². The Hall–Kier alpha value is -2.08. The number of hydrogen-bond acceptors (Lipinski definition) is 4. The van der Waals surface area contributed by atoms with Crippen LogP contribution in [0, 0.1) is 5.92 Å². The molecule has 140 valence electrons. The van der Waals surface area contributed by atoms with E-state index < -0.39 is 6.10 Å². The highest BCUT2D eigenvalue weighted by molar-refractivity contribution is 5.85. The lowest BCUT2D eigenvalue weighted by Gasteiger charge is -2.14. The molecule has 1 saturated carbocycles. The van der Waals surface area contributed by atoms with Crippen molar-refractivity contribution in [1.82, 2.24) is 5.32 Å². The van der Waals surface area contributed by atoms with Crippen LogP contribution in [0.3, 0.4) is 0 Å². The van der Waals surface area contributed by atoms with Gasteiger partial charge < -0.3 is 20.9 Å². The molecule has 6 heteroatoms. The van der Waals surface area contributed by atoms with Gasteiger partial charge in [0.2, 0.25) is 5.91 Å². The molecular weight excluding hydrogens is 352 g/mol. The molecule has 5 nitrogen and oxygen atoms in total. The first kappa shape index (κ1) is 20.2. The van der Waals surface area contributed by atoms with Crippen LogP contribution in [0.15, 0.2) is 54.6 Å². The Labute approximate surface area is 160 Å². The smallest absolute Gasteiger partial charge is 0.223 e. The Morgan fingerprint density at radius 2 is 1.81 bits per heavy atom. The third kappa shape index (κ3) is 5.21. The molecule has 0 aromatic heterocycles. The van der Waals surface area contributed by atoms with Gasteiger partial charge >= 0.3 is 0 Å². The van der Waals surface area contributed by atoms with Crippen LogP contribution in [0.5, 0.6) is 5.75 Å². The predicted octanol–water partition coefficient (Wildman–Crippen LogP) is 2.40. The summed E-state index contributed by atoms with van der Waals surface area (Å²) in [4.78, 5) is 12.3. The average molecular weight is 377 g/mol. The van der Waals surface area contributed by atoms with Gasteiger partial charge in [-0.1, -0.05) is 48.5 Å². The van der Waals surface area contributed by atoms with Crippen molar-refractivity contribution in [1.29, 1.82) is 0 Å². The van der Waals surface area contributed by atoms with Crippen LogP contribution in [0.25, 0.3) is 0 Å². The highest BCUT2D eigenvalue weighted by Gasteiger charge is 2.34. The summed E-state index contributed by atoms with van der Waals surface area (Å²) >= 11 is 0. The fourth-order valence-corrected chi connectivity index (χ4v) is 3.11. The van der Waals surface area contributed by atoms with Crippen LogP contribution in [0.2, 0.25) is 0 Å². The second-order valence-corrected chi connectivity index (χ2v) is 6.50. The van der Waals surface area contributed by atoms with E-state index in [2.05, 4.69) is 5.32 Å². The number of hydrogen-bond donors (Lipinski definition) is 3.